The summed E-state index contributed by atoms with van der Waals surface area (Å²) in [7, 11) is -3.93. The van der Waals surface area contributed by atoms with Gasteiger partial charge in [0.2, 0.25) is 0 Å². The normalized spacial score (nSPS) is 13.4. The standard InChI is InChI=1S/C22H26ClNO5S/c1-16-11-13-18(14-12-16)30(26,27)29-19(23)10-6-5-8-17-9-7-15-24-20(17)21(25)28-22(2,3)4/h5,7-9,11-15,19H,6,10H2,1-4H3/b8-5+. The summed E-state index contributed by atoms with van der Waals surface area (Å²) < 4.78 is 34.9. The highest BCUT2D eigenvalue weighted by Gasteiger charge is 2.21. The number of carbonyl (C=O) groups excluding carboxylic acids is 1. The van der Waals surface area contributed by atoms with Crippen LogP contribution in [-0.4, -0.2) is 30.5 Å². The van der Waals surface area contributed by atoms with E-state index in [1.54, 1.807) is 57.2 Å². The maximum absolute atomic E-state index is 12.3. The number of carbonyl (C=O) groups is 1. The average Bonchev–Trinajstić information content (AvgIpc) is 2.64. The Morgan fingerprint density at radius 3 is 2.50 bits per heavy atom. The van der Waals surface area contributed by atoms with Crippen molar-refractivity contribution >= 4 is 33.8 Å². The van der Waals surface area contributed by atoms with Gasteiger partial charge in [0.05, 0.1) is 4.90 Å². The van der Waals surface area contributed by atoms with Crippen LogP contribution in [-0.2, 0) is 19.0 Å². The summed E-state index contributed by atoms with van der Waals surface area (Å²) in [6, 6.07) is 9.81. The highest BCUT2D eigenvalue weighted by molar-refractivity contribution is 7.86. The van der Waals surface area contributed by atoms with Crippen molar-refractivity contribution in [1.29, 1.82) is 0 Å². The van der Waals surface area contributed by atoms with Crippen molar-refractivity contribution in [3.05, 3.63) is 65.5 Å². The number of hydrogen-bond donors (Lipinski definition) is 0. The minimum absolute atomic E-state index is 0.0617. The van der Waals surface area contributed by atoms with Crippen molar-refractivity contribution < 1.29 is 22.1 Å². The molecule has 1 aromatic heterocycles. The molecule has 1 aromatic carbocycles. The van der Waals surface area contributed by atoms with E-state index in [0.717, 1.165) is 5.56 Å². The number of nitrogens with zero attached hydrogens (tertiary/aromatic N) is 1. The second-order valence-corrected chi connectivity index (χ2v) is 9.76. The fourth-order valence-electron chi connectivity index (χ4n) is 2.43. The molecule has 0 aliphatic rings. The number of aromatic nitrogens is 1. The fourth-order valence-corrected chi connectivity index (χ4v) is 3.80. The van der Waals surface area contributed by atoms with Crippen LogP contribution >= 0.6 is 11.6 Å². The predicted octanol–water partition coefficient (Wildman–Crippen LogP) is 5.11. The molecule has 1 atom stereocenters. The first-order valence-electron chi connectivity index (χ1n) is 9.47. The number of aryl methyl sites for hydroxylation is 1. The fraction of sp³-hybridized carbons (Fsp3) is 0.364. The number of pyridine rings is 1. The molecular formula is C22H26ClNO5S. The van der Waals surface area contributed by atoms with Gasteiger partial charge in [-0.25, -0.2) is 14.0 Å². The summed E-state index contributed by atoms with van der Waals surface area (Å²) in [4.78, 5) is 16.5. The van der Waals surface area contributed by atoms with E-state index in [-0.39, 0.29) is 17.0 Å². The van der Waals surface area contributed by atoms with E-state index in [1.165, 1.54) is 18.3 Å². The molecule has 0 N–H and O–H groups in total. The molecule has 0 radical (unpaired) electrons. The zero-order chi connectivity index (χ0) is 22.4. The van der Waals surface area contributed by atoms with Gasteiger partial charge in [0, 0.05) is 11.8 Å². The monoisotopic (exact) mass is 451 g/mol. The number of rotatable bonds is 8. The molecule has 0 aliphatic carbocycles. The molecular weight excluding hydrogens is 426 g/mol. The first kappa shape index (κ1) is 24.1. The topological polar surface area (TPSA) is 82.6 Å². The van der Waals surface area contributed by atoms with E-state index in [2.05, 4.69) is 4.98 Å². The van der Waals surface area contributed by atoms with Gasteiger partial charge in [-0.2, -0.15) is 8.42 Å². The number of ether oxygens (including phenoxy) is 1. The Labute approximate surface area is 183 Å². The van der Waals surface area contributed by atoms with E-state index in [9.17, 15) is 13.2 Å². The highest BCUT2D eigenvalue weighted by Crippen LogP contribution is 2.20. The van der Waals surface area contributed by atoms with Crippen LogP contribution in [0.15, 0.2) is 53.6 Å². The third-order valence-electron chi connectivity index (χ3n) is 3.83. The van der Waals surface area contributed by atoms with Crippen LogP contribution in [0, 0.1) is 6.92 Å². The van der Waals surface area contributed by atoms with E-state index >= 15 is 0 Å². The summed E-state index contributed by atoms with van der Waals surface area (Å²) in [6.07, 6.45) is 5.74. The second-order valence-electron chi connectivity index (χ2n) is 7.70. The van der Waals surface area contributed by atoms with Crippen molar-refractivity contribution in [2.24, 2.45) is 0 Å². The van der Waals surface area contributed by atoms with Crippen LogP contribution < -0.4 is 0 Å². The van der Waals surface area contributed by atoms with Crippen LogP contribution in [0.2, 0.25) is 0 Å². The van der Waals surface area contributed by atoms with Crippen molar-refractivity contribution in [3.63, 3.8) is 0 Å². The molecule has 2 aromatic rings. The average molecular weight is 452 g/mol. The van der Waals surface area contributed by atoms with Crippen molar-refractivity contribution in [1.82, 2.24) is 4.98 Å². The summed E-state index contributed by atoms with van der Waals surface area (Å²) in [5.41, 5.74) is 0.125. The lowest BCUT2D eigenvalue weighted by molar-refractivity contribution is 0.00625. The quantitative estimate of drug-likeness (QED) is 0.315. The van der Waals surface area contributed by atoms with E-state index in [4.69, 9.17) is 20.5 Å². The Hall–Kier alpha value is -2.22. The molecule has 8 heteroatoms. The number of alkyl halides is 1. The van der Waals surface area contributed by atoms with Crippen LogP contribution in [0.4, 0.5) is 0 Å². The Balaban J connectivity index is 1.95. The third kappa shape index (κ3) is 7.55. The zero-order valence-corrected chi connectivity index (χ0v) is 19.0. The Morgan fingerprint density at radius 2 is 1.87 bits per heavy atom. The van der Waals surface area contributed by atoms with Gasteiger partial charge >= 0.3 is 5.97 Å². The van der Waals surface area contributed by atoms with Crippen LogP contribution in [0.1, 0.15) is 55.2 Å². The maximum Gasteiger partial charge on any atom is 0.358 e. The van der Waals surface area contributed by atoms with Gasteiger partial charge in [-0.1, -0.05) is 47.5 Å². The molecule has 0 saturated heterocycles. The Kier molecular flexibility index (Phi) is 8.18. The smallest absolute Gasteiger partial charge is 0.358 e. The second kappa shape index (κ2) is 10.2. The zero-order valence-electron chi connectivity index (χ0n) is 17.5. The molecule has 30 heavy (non-hydrogen) atoms. The molecule has 1 unspecified atom stereocenters. The van der Waals surface area contributed by atoms with Gasteiger partial charge in [0.1, 0.15) is 5.60 Å². The van der Waals surface area contributed by atoms with Crippen molar-refractivity contribution in [3.8, 4) is 0 Å². The highest BCUT2D eigenvalue weighted by atomic mass is 35.5. The van der Waals surface area contributed by atoms with Gasteiger partial charge in [-0.05, 0) is 58.7 Å². The maximum atomic E-state index is 12.3. The van der Waals surface area contributed by atoms with E-state index in [1.807, 2.05) is 6.92 Å². The number of hydrogen-bond acceptors (Lipinski definition) is 6. The van der Waals surface area contributed by atoms with E-state index in [0.29, 0.717) is 12.0 Å². The lowest BCUT2D eigenvalue weighted by Crippen LogP contribution is -2.25. The summed E-state index contributed by atoms with van der Waals surface area (Å²) in [6.45, 7) is 7.22. The van der Waals surface area contributed by atoms with Gasteiger partial charge in [-0.3, -0.25) is 0 Å². The SMILES string of the molecule is Cc1ccc(S(=O)(=O)OC(Cl)CC/C=C/c2cccnc2C(=O)OC(C)(C)C)cc1. The minimum Gasteiger partial charge on any atom is -0.455 e. The predicted molar refractivity (Wildman–Crippen MR) is 117 cm³/mol. The van der Waals surface area contributed by atoms with Crippen LogP contribution in [0.25, 0.3) is 6.08 Å². The molecule has 2 rings (SSSR count). The van der Waals surface area contributed by atoms with Crippen molar-refractivity contribution in [2.75, 3.05) is 0 Å². The molecule has 0 amide bonds. The largest absolute Gasteiger partial charge is 0.455 e. The molecule has 0 saturated carbocycles. The lowest BCUT2D eigenvalue weighted by atomic mass is 10.1. The molecule has 0 spiro atoms. The molecule has 162 valence electrons. The molecule has 0 fully saturated rings. The first-order valence-corrected chi connectivity index (χ1v) is 11.3. The van der Waals surface area contributed by atoms with Gasteiger partial charge in [-0.15, -0.1) is 0 Å². The van der Waals surface area contributed by atoms with Gasteiger partial charge in [0.15, 0.2) is 11.3 Å². The van der Waals surface area contributed by atoms with Gasteiger partial charge in [0.25, 0.3) is 10.1 Å². The molecule has 6 nitrogen and oxygen atoms in total. The summed E-state index contributed by atoms with van der Waals surface area (Å²) in [5, 5.41) is 0. The lowest BCUT2D eigenvalue weighted by Gasteiger charge is -2.19. The summed E-state index contributed by atoms with van der Waals surface area (Å²) >= 11 is 6.06. The third-order valence-corrected chi connectivity index (χ3v) is 5.58. The summed E-state index contributed by atoms with van der Waals surface area (Å²) in [5.74, 6) is -0.509. The van der Waals surface area contributed by atoms with Crippen LogP contribution in [0.5, 0.6) is 0 Å². The molecule has 0 bridgehead atoms. The number of benzene rings is 1. The van der Waals surface area contributed by atoms with Crippen molar-refractivity contribution in [2.45, 2.75) is 56.6 Å². The number of esters is 1. The van der Waals surface area contributed by atoms with Crippen LogP contribution in [0.3, 0.4) is 0 Å². The first-order chi connectivity index (χ1) is 14.0. The van der Waals surface area contributed by atoms with Gasteiger partial charge < -0.3 is 4.74 Å². The molecule has 1 heterocycles. The number of halogens is 1. The number of allylic oxidation sites excluding steroid dienone is 1. The Bertz CT molecular complexity index is 995. The minimum atomic E-state index is -3.93. The van der Waals surface area contributed by atoms with E-state index < -0.39 is 27.3 Å². The Morgan fingerprint density at radius 1 is 1.20 bits per heavy atom. The molecule has 0 aliphatic heterocycles.